The second-order valence-corrected chi connectivity index (χ2v) is 4.70. The van der Waals surface area contributed by atoms with Gasteiger partial charge in [-0.1, -0.05) is 24.3 Å². The number of aldehydes is 1. The van der Waals surface area contributed by atoms with Gasteiger partial charge in [0, 0.05) is 22.6 Å². The molecule has 3 heteroatoms. The van der Waals surface area contributed by atoms with E-state index < -0.39 is 0 Å². The fourth-order valence-electron chi connectivity index (χ4n) is 2.30. The maximum atomic E-state index is 13.3. The van der Waals surface area contributed by atoms with Gasteiger partial charge in [0.1, 0.15) is 5.82 Å². The summed E-state index contributed by atoms with van der Waals surface area (Å²) in [7, 11) is 0. The van der Waals surface area contributed by atoms with Gasteiger partial charge in [-0.15, -0.1) is 0 Å². The van der Waals surface area contributed by atoms with Crippen molar-refractivity contribution in [3.05, 3.63) is 65.5 Å². The quantitative estimate of drug-likeness (QED) is 0.651. The Morgan fingerprint density at radius 2 is 1.90 bits per heavy atom. The second kappa shape index (κ2) is 4.85. The minimum Gasteiger partial charge on any atom is -0.298 e. The molecule has 3 aromatic rings. The largest absolute Gasteiger partial charge is 0.298 e. The zero-order valence-corrected chi connectivity index (χ0v) is 10.9. The number of pyridine rings is 1. The van der Waals surface area contributed by atoms with Gasteiger partial charge in [-0.25, -0.2) is 9.37 Å². The van der Waals surface area contributed by atoms with Crippen LogP contribution in [0.15, 0.2) is 48.5 Å². The fourth-order valence-corrected chi connectivity index (χ4v) is 2.30. The summed E-state index contributed by atoms with van der Waals surface area (Å²) in [6, 6.07) is 13.8. The highest BCUT2D eigenvalue weighted by Gasteiger charge is 2.11. The summed E-state index contributed by atoms with van der Waals surface area (Å²) < 4.78 is 13.3. The van der Waals surface area contributed by atoms with Crippen molar-refractivity contribution in [1.82, 2.24) is 4.98 Å². The summed E-state index contributed by atoms with van der Waals surface area (Å²) in [5, 5.41) is 0.755. The lowest BCUT2D eigenvalue weighted by molar-refractivity contribution is 0.112. The number of hydrogen-bond acceptors (Lipinski definition) is 2. The van der Waals surface area contributed by atoms with Crippen LogP contribution in [0.4, 0.5) is 4.39 Å². The minimum atomic E-state index is -0.334. The standard InChI is InChI=1S/C17H12FNO/c1-11-4-2-3-5-15(11)17-13(10-20)8-12-6-7-14(18)9-16(12)19-17/h2-10H,1H3. The van der Waals surface area contributed by atoms with Gasteiger partial charge in [0.15, 0.2) is 6.29 Å². The lowest BCUT2D eigenvalue weighted by Gasteiger charge is -2.09. The van der Waals surface area contributed by atoms with Gasteiger partial charge in [0.2, 0.25) is 0 Å². The molecular formula is C17H12FNO. The van der Waals surface area contributed by atoms with Crippen LogP contribution in [0.1, 0.15) is 15.9 Å². The predicted octanol–water partition coefficient (Wildman–Crippen LogP) is 4.16. The Kier molecular flexibility index (Phi) is 3.03. The van der Waals surface area contributed by atoms with Crippen molar-refractivity contribution in [1.29, 1.82) is 0 Å². The number of nitrogens with zero attached hydrogens (tertiary/aromatic N) is 1. The lowest BCUT2D eigenvalue weighted by atomic mass is 10.0. The third kappa shape index (κ3) is 2.07. The number of rotatable bonds is 2. The second-order valence-electron chi connectivity index (χ2n) is 4.70. The Balaban J connectivity index is 2.34. The van der Waals surface area contributed by atoms with Gasteiger partial charge in [0.25, 0.3) is 0 Å². The topological polar surface area (TPSA) is 30.0 Å². The van der Waals surface area contributed by atoms with E-state index in [0.717, 1.165) is 22.8 Å². The Labute approximate surface area is 115 Å². The van der Waals surface area contributed by atoms with Gasteiger partial charge in [-0.05, 0) is 30.7 Å². The average molecular weight is 265 g/mol. The number of fused-ring (bicyclic) bond motifs is 1. The molecule has 0 amide bonds. The molecule has 0 radical (unpaired) electrons. The first-order chi connectivity index (χ1) is 9.69. The first-order valence-corrected chi connectivity index (χ1v) is 6.30. The monoisotopic (exact) mass is 265 g/mol. The molecule has 0 bridgehead atoms. The summed E-state index contributed by atoms with van der Waals surface area (Å²) in [4.78, 5) is 15.8. The molecule has 0 spiro atoms. The molecule has 0 saturated carbocycles. The molecule has 0 aliphatic heterocycles. The van der Waals surface area contributed by atoms with E-state index in [1.807, 2.05) is 31.2 Å². The number of hydrogen-bond donors (Lipinski definition) is 0. The first-order valence-electron chi connectivity index (χ1n) is 6.30. The van der Waals surface area contributed by atoms with Crippen molar-refractivity contribution >= 4 is 17.2 Å². The van der Waals surface area contributed by atoms with Crippen LogP contribution < -0.4 is 0 Å². The summed E-state index contributed by atoms with van der Waals surface area (Å²) in [5.41, 5.74) is 3.57. The molecule has 0 aliphatic carbocycles. The van der Waals surface area contributed by atoms with Crippen LogP contribution >= 0.6 is 0 Å². The first kappa shape index (κ1) is 12.5. The van der Waals surface area contributed by atoms with E-state index in [1.54, 1.807) is 12.1 Å². The van der Waals surface area contributed by atoms with Gasteiger partial charge < -0.3 is 0 Å². The molecule has 0 fully saturated rings. The zero-order chi connectivity index (χ0) is 14.1. The van der Waals surface area contributed by atoms with Crippen LogP contribution in [0, 0.1) is 12.7 Å². The summed E-state index contributed by atoms with van der Waals surface area (Å²) in [6.07, 6.45) is 0.789. The minimum absolute atomic E-state index is 0.334. The third-order valence-electron chi connectivity index (χ3n) is 3.34. The highest BCUT2D eigenvalue weighted by molar-refractivity contribution is 5.93. The number of carbonyl (C=O) groups excluding carboxylic acids is 1. The lowest BCUT2D eigenvalue weighted by Crippen LogP contribution is -1.95. The average Bonchev–Trinajstić information content (AvgIpc) is 2.46. The van der Waals surface area contributed by atoms with Crippen LogP contribution in [0.2, 0.25) is 0 Å². The fraction of sp³-hybridized carbons (Fsp3) is 0.0588. The Hall–Kier alpha value is -2.55. The van der Waals surface area contributed by atoms with Gasteiger partial charge in [-0.2, -0.15) is 0 Å². The summed E-state index contributed by atoms with van der Waals surface area (Å²) in [5.74, 6) is -0.334. The predicted molar refractivity (Wildman–Crippen MR) is 77.3 cm³/mol. The van der Waals surface area contributed by atoms with Crippen molar-refractivity contribution in [2.45, 2.75) is 6.92 Å². The maximum Gasteiger partial charge on any atom is 0.152 e. The van der Waals surface area contributed by atoms with Crippen LogP contribution in [0.25, 0.3) is 22.2 Å². The Morgan fingerprint density at radius 3 is 2.65 bits per heavy atom. The number of aromatic nitrogens is 1. The molecule has 0 saturated heterocycles. The molecule has 2 nitrogen and oxygen atoms in total. The number of halogens is 1. The third-order valence-corrected chi connectivity index (χ3v) is 3.34. The Morgan fingerprint density at radius 1 is 1.10 bits per heavy atom. The maximum absolute atomic E-state index is 13.3. The molecule has 0 aliphatic rings. The van der Waals surface area contributed by atoms with E-state index in [-0.39, 0.29) is 5.82 Å². The molecule has 98 valence electrons. The molecule has 0 unspecified atom stereocenters. The van der Waals surface area contributed by atoms with Crippen LogP contribution in [0.5, 0.6) is 0 Å². The molecule has 2 aromatic carbocycles. The zero-order valence-electron chi connectivity index (χ0n) is 10.9. The molecule has 1 aromatic heterocycles. The van der Waals surface area contributed by atoms with Crippen LogP contribution in [-0.2, 0) is 0 Å². The van der Waals surface area contributed by atoms with Crippen molar-refractivity contribution in [3.63, 3.8) is 0 Å². The van der Waals surface area contributed by atoms with Gasteiger partial charge in [-0.3, -0.25) is 4.79 Å². The normalized spacial score (nSPS) is 10.7. The smallest absolute Gasteiger partial charge is 0.152 e. The van der Waals surface area contributed by atoms with E-state index in [4.69, 9.17) is 0 Å². The molecule has 3 rings (SSSR count). The molecule has 1 heterocycles. The molecule has 0 N–H and O–H groups in total. The van der Waals surface area contributed by atoms with E-state index in [9.17, 15) is 9.18 Å². The van der Waals surface area contributed by atoms with Gasteiger partial charge in [0.05, 0.1) is 11.2 Å². The highest BCUT2D eigenvalue weighted by Crippen LogP contribution is 2.27. The SMILES string of the molecule is Cc1ccccc1-c1nc2cc(F)ccc2cc1C=O. The van der Waals surface area contributed by atoms with E-state index >= 15 is 0 Å². The van der Waals surface area contributed by atoms with Gasteiger partial charge >= 0.3 is 0 Å². The summed E-state index contributed by atoms with van der Waals surface area (Å²) >= 11 is 0. The molecule has 0 atom stereocenters. The van der Waals surface area contributed by atoms with Crippen molar-refractivity contribution in [3.8, 4) is 11.3 Å². The van der Waals surface area contributed by atoms with Crippen LogP contribution in [-0.4, -0.2) is 11.3 Å². The number of carbonyl (C=O) groups is 1. The molecular weight excluding hydrogens is 253 g/mol. The number of benzene rings is 2. The van der Waals surface area contributed by atoms with Crippen molar-refractivity contribution < 1.29 is 9.18 Å². The van der Waals surface area contributed by atoms with Crippen molar-refractivity contribution in [2.24, 2.45) is 0 Å². The van der Waals surface area contributed by atoms with Crippen molar-refractivity contribution in [2.75, 3.05) is 0 Å². The number of aryl methyl sites for hydroxylation is 1. The summed E-state index contributed by atoms with van der Waals surface area (Å²) in [6.45, 7) is 1.96. The van der Waals surface area contributed by atoms with E-state index in [0.29, 0.717) is 16.8 Å². The molecule has 20 heavy (non-hydrogen) atoms. The van der Waals surface area contributed by atoms with E-state index in [2.05, 4.69) is 4.98 Å². The highest BCUT2D eigenvalue weighted by atomic mass is 19.1. The van der Waals surface area contributed by atoms with Crippen LogP contribution in [0.3, 0.4) is 0 Å². The van der Waals surface area contributed by atoms with E-state index in [1.165, 1.54) is 12.1 Å². The Bertz CT molecular complexity index is 811.